The van der Waals surface area contributed by atoms with Gasteiger partial charge in [-0.05, 0) is 43.7 Å². The molecule has 3 aromatic carbocycles. The third-order valence-corrected chi connectivity index (χ3v) is 7.70. The zero-order valence-electron chi connectivity index (χ0n) is 18.7. The lowest BCUT2D eigenvalue weighted by atomic mass is 10.2. The minimum Gasteiger partial charge on any atom is -0.496 e. The molecule has 1 aliphatic rings. The Morgan fingerprint density at radius 1 is 0.909 bits per heavy atom. The number of para-hydroxylation sites is 3. The van der Waals surface area contributed by atoms with Crippen LogP contribution in [0.5, 0.6) is 5.75 Å². The number of aryl methyl sites for hydroxylation is 2. The Balaban J connectivity index is 1.64. The molecule has 168 valence electrons. The van der Waals surface area contributed by atoms with Crippen molar-refractivity contribution in [3.63, 3.8) is 0 Å². The lowest BCUT2D eigenvalue weighted by Gasteiger charge is -2.22. The van der Waals surface area contributed by atoms with E-state index >= 15 is 0 Å². The van der Waals surface area contributed by atoms with E-state index in [2.05, 4.69) is 0 Å². The number of benzene rings is 3. The van der Waals surface area contributed by atoms with E-state index in [0.29, 0.717) is 34.8 Å². The van der Waals surface area contributed by atoms with Crippen LogP contribution < -0.4 is 13.9 Å². The molecular formula is C25H24N4O3S. The fourth-order valence-electron chi connectivity index (χ4n) is 4.21. The van der Waals surface area contributed by atoms with Crippen LogP contribution >= 0.6 is 0 Å². The summed E-state index contributed by atoms with van der Waals surface area (Å²) in [6, 6.07) is 20.5. The lowest BCUT2D eigenvalue weighted by molar-refractivity contribution is 0.409. The molecule has 0 radical (unpaired) electrons. The highest BCUT2D eigenvalue weighted by molar-refractivity contribution is 7.93. The van der Waals surface area contributed by atoms with Gasteiger partial charge in [0.15, 0.2) is 11.6 Å². The maximum atomic E-state index is 13.8. The summed E-state index contributed by atoms with van der Waals surface area (Å²) in [6.45, 7) is 4.30. The van der Waals surface area contributed by atoms with Crippen LogP contribution in [0.2, 0.25) is 0 Å². The minimum atomic E-state index is -3.85. The third kappa shape index (κ3) is 3.66. The highest BCUT2D eigenvalue weighted by Crippen LogP contribution is 2.39. The van der Waals surface area contributed by atoms with E-state index in [0.717, 1.165) is 16.9 Å². The van der Waals surface area contributed by atoms with Crippen molar-refractivity contribution < 1.29 is 13.2 Å². The Labute approximate surface area is 193 Å². The van der Waals surface area contributed by atoms with Crippen LogP contribution in [0.1, 0.15) is 16.7 Å². The topological polar surface area (TPSA) is 75.6 Å². The summed E-state index contributed by atoms with van der Waals surface area (Å²) < 4.78 is 34.5. The normalized spacial score (nSPS) is 13.4. The summed E-state index contributed by atoms with van der Waals surface area (Å²) in [5.74, 6) is 1.61. The summed E-state index contributed by atoms with van der Waals surface area (Å²) in [7, 11) is -2.23. The molecule has 2 heterocycles. The first kappa shape index (κ1) is 21.2. The Hall–Kier alpha value is -3.65. The van der Waals surface area contributed by atoms with Gasteiger partial charge in [-0.2, -0.15) is 0 Å². The highest BCUT2D eigenvalue weighted by atomic mass is 32.2. The maximum absolute atomic E-state index is 13.8. The Morgan fingerprint density at radius 3 is 2.27 bits per heavy atom. The van der Waals surface area contributed by atoms with Gasteiger partial charge in [0.05, 0.1) is 23.0 Å². The molecule has 1 aliphatic heterocycles. The first-order valence-corrected chi connectivity index (χ1v) is 12.1. The molecule has 4 aromatic rings. The largest absolute Gasteiger partial charge is 0.496 e. The van der Waals surface area contributed by atoms with Gasteiger partial charge in [-0.1, -0.05) is 48.0 Å². The van der Waals surface area contributed by atoms with Crippen molar-refractivity contribution in [3.05, 3.63) is 83.4 Å². The number of sulfonamides is 1. The van der Waals surface area contributed by atoms with Crippen LogP contribution in [0, 0.1) is 13.8 Å². The van der Waals surface area contributed by atoms with Gasteiger partial charge in [-0.3, -0.25) is 0 Å². The molecule has 0 spiro atoms. The number of anilines is 2. The molecule has 33 heavy (non-hydrogen) atoms. The molecule has 5 rings (SSSR count). The van der Waals surface area contributed by atoms with Crippen LogP contribution in [-0.2, 0) is 16.6 Å². The SMILES string of the molecule is COc1ccccc1CN1CN(S(=O)(=O)c2ccc(C)cc2C)c2nc3ccccc3nc21. The predicted molar refractivity (Wildman–Crippen MR) is 129 cm³/mol. The Kier molecular flexibility index (Phi) is 5.17. The fourth-order valence-corrected chi connectivity index (χ4v) is 5.80. The van der Waals surface area contributed by atoms with E-state index in [-0.39, 0.29) is 11.6 Å². The van der Waals surface area contributed by atoms with Gasteiger partial charge in [0, 0.05) is 12.1 Å². The molecule has 7 nitrogen and oxygen atoms in total. The van der Waals surface area contributed by atoms with Crippen LogP contribution in [0.15, 0.2) is 71.6 Å². The zero-order chi connectivity index (χ0) is 23.2. The molecule has 0 saturated heterocycles. The van der Waals surface area contributed by atoms with Gasteiger partial charge in [0.25, 0.3) is 10.0 Å². The molecule has 0 N–H and O–H groups in total. The summed E-state index contributed by atoms with van der Waals surface area (Å²) in [5, 5.41) is 0. The lowest BCUT2D eigenvalue weighted by Crippen LogP contribution is -2.36. The first-order chi connectivity index (χ1) is 15.9. The van der Waals surface area contributed by atoms with Gasteiger partial charge < -0.3 is 9.64 Å². The molecule has 0 unspecified atom stereocenters. The monoisotopic (exact) mass is 460 g/mol. The van der Waals surface area contributed by atoms with E-state index in [1.165, 1.54) is 4.31 Å². The second-order valence-electron chi connectivity index (χ2n) is 8.13. The molecule has 0 fully saturated rings. The molecule has 0 saturated carbocycles. The number of methoxy groups -OCH3 is 1. The number of fused-ring (bicyclic) bond motifs is 2. The highest BCUT2D eigenvalue weighted by Gasteiger charge is 2.38. The first-order valence-electron chi connectivity index (χ1n) is 10.6. The van der Waals surface area contributed by atoms with Crippen molar-refractivity contribution >= 4 is 32.7 Å². The van der Waals surface area contributed by atoms with Gasteiger partial charge in [-0.15, -0.1) is 0 Å². The standard InChI is InChI=1S/C25H24N4O3S/c1-17-12-13-23(18(2)14-17)33(30,31)29-16-28(15-19-8-4-7-11-22(19)32-3)24-25(29)27-21-10-6-5-9-20(21)26-24/h4-14H,15-16H2,1-3H3. The van der Waals surface area contributed by atoms with Crippen LogP contribution in [-0.4, -0.2) is 32.2 Å². The van der Waals surface area contributed by atoms with Crippen molar-refractivity contribution in [2.24, 2.45) is 0 Å². The van der Waals surface area contributed by atoms with Gasteiger partial charge in [-0.25, -0.2) is 22.7 Å². The quantitative estimate of drug-likeness (QED) is 0.439. The summed E-state index contributed by atoms with van der Waals surface area (Å²) in [4.78, 5) is 11.7. The van der Waals surface area contributed by atoms with Crippen molar-refractivity contribution in [1.82, 2.24) is 9.97 Å². The number of hydrogen-bond acceptors (Lipinski definition) is 6. The Bertz CT molecular complexity index is 1470. The van der Waals surface area contributed by atoms with E-state index in [1.807, 2.05) is 79.4 Å². The van der Waals surface area contributed by atoms with Crippen molar-refractivity contribution in [1.29, 1.82) is 0 Å². The smallest absolute Gasteiger partial charge is 0.267 e. The maximum Gasteiger partial charge on any atom is 0.267 e. The molecular weight excluding hydrogens is 436 g/mol. The van der Waals surface area contributed by atoms with Crippen molar-refractivity contribution in [2.75, 3.05) is 23.0 Å². The second kappa shape index (κ2) is 8.04. The molecule has 0 amide bonds. The average molecular weight is 461 g/mol. The van der Waals surface area contributed by atoms with E-state index in [1.54, 1.807) is 13.2 Å². The fraction of sp³-hybridized carbons (Fsp3) is 0.200. The average Bonchev–Trinajstić information content (AvgIpc) is 3.15. The molecule has 8 heteroatoms. The number of nitrogens with zero attached hydrogens (tertiary/aromatic N) is 4. The van der Waals surface area contributed by atoms with Crippen molar-refractivity contribution in [3.8, 4) is 5.75 Å². The van der Waals surface area contributed by atoms with E-state index in [4.69, 9.17) is 14.7 Å². The predicted octanol–water partition coefficient (Wildman–Crippen LogP) is 4.43. The van der Waals surface area contributed by atoms with Crippen LogP contribution in [0.4, 0.5) is 11.6 Å². The zero-order valence-corrected chi connectivity index (χ0v) is 19.5. The molecule has 0 aliphatic carbocycles. The van der Waals surface area contributed by atoms with Gasteiger partial charge >= 0.3 is 0 Å². The van der Waals surface area contributed by atoms with Crippen LogP contribution in [0.25, 0.3) is 11.0 Å². The van der Waals surface area contributed by atoms with Gasteiger partial charge in [0.2, 0.25) is 0 Å². The van der Waals surface area contributed by atoms with E-state index in [9.17, 15) is 8.42 Å². The van der Waals surface area contributed by atoms with Crippen LogP contribution in [0.3, 0.4) is 0 Å². The number of hydrogen-bond donors (Lipinski definition) is 0. The number of ether oxygens (including phenoxy) is 1. The molecule has 0 atom stereocenters. The number of aromatic nitrogens is 2. The second-order valence-corrected chi connectivity index (χ2v) is 9.96. The summed E-state index contributed by atoms with van der Waals surface area (Å²) >= 11 is 0. The number of rotatable bonds is 5. The van der Waals surface area contributed by atoms with E-state index < -0.39 is 10.0 Å². The van der Waals surface area contributed by atoms with Gasteiger partial charge in [0.1, 0.15) is 12.4 Å². The summed E-state index contributed by atoms with van der Waals surface area (Å²) in [6.07, 6.45) is 0. The van der Waals surface area contributed by atoms with Crippen molar-refractivity contribution in [2.45, 2.75) is 25.3 Å². The third-order valence-electron chi connectivity index (χ3n) is 5.82. The minimum absolute atomic E-state index is 0.110. The molecule has 1 aromatic heterocycles. The Morgan fingerprint density at radius 2 is 1.58 bits per heavy atom. The molecule has 0 bridgehead atoms. The summed E-state index contributed by atoms with van der Waals surface area (Å²) in [5.41, 5.74) is 4.01.